The van der Waals surface area contributed by atoms with Crippen molar-refractivity contribution in [2.75, 3.05) is 26.7 Å². The number of hydrogen-bond donors (Lipinski definition) is 2. The van der Waals surface area contributed by atoms with Gasteiger partial charge in [-0.3, -0.25) is 9.89 Å². The van der Waals surface area contributed by atoms with E-state index in [4.69, 9.17) is 0 Å². The predicted octanol–water partition coefficient (Wildman–Crippen LogP) is 4.42. The van der Waals surface area contributed by atoms with Gasteiger partial charge >= 0.3 is 6.18 Å². The van der Waals surface area contributed by atoms with Crippen molar-refractivity contribution in [3.63, 3.8) is 0 Å². The molecule has 1 saturated heterocycles. The van der Waals surface area contributed by atoms with E-state index in [2.05, 4.69) is 43.0 Å². The number of thiazole rings is 1. The number of thiophene rings is 1. The van der Waals surface area contributed by atoms with Crippen molar-refractivity contribution in [2.45, 2.75) is 32.1 Å². The molecule has 29 heavy (non-hydrogen) atoms. The molecule has 5 nitrogen and oxygen atoms in total. The number of halogens is 4. The molecule has 0 unspecified atom stereocenters. The molecule has 0 aliphatic carbocycles. The van der Waals surface area contributed by atoms with Gasteiger partial charge in [0.25, 0.3) is 0 Å². The summed E-state index contributed by atoms with van der Waals surface area (Å²) in [5, 5.41) is 9.86. The zero-order valence-electron chi connectivity index (χ0n) is 16.0. The summed E-state index contributed by atoms with van der Waals surface area (Å²) in [6, 6.07) is 4.26. The van der Waals surface area contributed by atoms with Crippen LogP contribution in [-0.2, 0) is 19.3 Å². The Hall–Kier alpha value is -0.920. The van der Waals surface area contributed by atoms with E-state index in [0.29, 0.717) is 16.9 Å². The largest absolute Gasteiger partial charge is 0.434 e. The molecule has 1 aliphatic heterocycles. The van der Waals surface area contributed by atoms with Gasteiger partial charge in [-0.1, -0.05) is 6.07 Å². The fourth-order valence-electron chi connectivity index (χ4n) is 3.11. The fraction of sp³-hybridized carbons (Fsp3) is 0.556. The number of hydrogen-bond acceptors (Lipinski definition) is 5. The Kier molecular flexibility index (Phi) is 9.63. The highest BCUT2D eigenvalue weighted by Crippen LogP contribution is 2.29. The van der Waals surface area contributed by atoms with Gasteiger partial charge in [0.15, 0.2) is 11.7 Å². The SMILES string of the molecule is CN=C(NCc1nc(C(F)(F)F)cs1)NCC1CCN(Cc2cccs2)CC1.I. The fourth-order valence-corrected chi connectivity index (χ4v) is 4.60. The molecule has 2 aromatic rings. The van der Waals surface area contributed by atoms with Crippen LogP contribution in [-0.4, -0.2) is 42.5 Å². The van der Waals surface area contributed by atoms with E-state index < -0.39 is 11.9 Å². The van der Waals surface area contributed by atoms with Gasteiger partial charge in [0.1, 0.15) is 5.01 Å². The van der Waals surface area contributed by atoms with Gasteiger partial charge in [-0.15, -0.1) is 46.7 Å². The van der Waals surface area contributed by atoms with Crippen LogP contribution >= 0.6 is 46.7 Å². The highest BCUT2D eigenvalue weighted by Gasteiger charge is 2.33. The van der Waals surface area contributed by atoms with Crippen LogP contribution in [0.2, 0.25) is 0 Å². The molecule has 0 spiro atoms. The van der Waals surface area contributed by atoms with Gasteiger partial charge in [0.05, 0.1) is 6.54 Å². The van der Waals surface area contributed by atoms with E-state index in [0.717, 1.165) is 55.7 Å². The Balaban J connectivity index is 0.00000300. The number of likely N-dealkylation sites (tertiary alicyclic amines) is 1. The highest BCUT2D eigenvalue weighted by atomic mass is 127. The van der Waals surface area contributed by atoms with Crippen LogP contribution in [0.25, 0.3) is 0 Å². The Morgan fingerprint density at radius 1 is 1.28 bits per heavy atom. The molecule has 0 aromatic carbocycles. The Morgan fingerprint density at radius 3 is 2.62 bits per heavy atom. The number of aromatic nitrogens is 1. The number of guanidine groups is 1. The highest BCUT2D eigenvalue weighted by molar-refractivity contribution is 14.0. The lowest BCUT2D eigenvalue weighted by molar-refractivity contribution is -0.140. The molecule has 1 aliphatic rings. The molecule has 0 saturated carbocycles. The molecule has 162 valence electrons. The third-order valence-corrected chi connectivity index (χ3v) is 6.41. The Labute approximate surface area is 193 Å². The lowest BCUT2D eigenvalue weighted by atomic mass is 9.97. The summed E-state index contributed by atoms with van der Waals surface area (Å²) in [6.07, 6.45) is -2.15. The molecular formula is C18H25F3IN5S2. The van der Waals surface area contributed by atoms with E-state index in [1.807, 2.05) is 0 Å². The second kappa shape index (κ2) is 11.5. The van der Waals surface area contributed by atoms with Crippen molar-refractivity contribution in [2.24, 2.45) is 10.9 Å². The van der Waals surface area contributed by atoms with Crippen LogP contribution in [0.1, 0.15) is 28.4 Å². The van der Waals surface area contributed by atoms with Gasteiger partial charge in [-0.05, 0) is 43.3 Å². The van der Waals surface area contributed by atoms with Gasteiger partial charge in [-0.25, -0.2) is 4.98 Å². The number of nitrogens with one attached hydrogen (secondary N) is 2. The number of aliphatic imine (C=N–C) groups is 1. The zero-order chi connectivity index (χ0) is 20.0. The lowest BCUT2D eigenvalue weighted by Crippen LogP contribution is -2.42. The first-order valence-corrected chi connectivity index (χ1v) is 10.9. The number of alkyl halides is 3. The molecule has 2 N–H and O–H groups in total. The van der Waals surface area contributed by atoms with Crippen LogP contribution in [0, 0.1) is 5.92 Å². The maximum absolute atomic E-state index is 12.6. The standard InChI is InChI=1S/C18H24F3N5S2.HI/c1-22-17(24-10-16-25-15(12-28-16)18(19,20)21)23-9-13-4-6-26(7-5-13)11-14-3-2-8-27-14;/h2-3,8,12-13H,4-7,9-11H2,1H3,(H2,22,23,24);1H. The molecule has 3 heterocycles. The van der Waals surface area contributed by atoms with Crippen molar-refractivity contribution in [1.29, 1.82) is 0 Å². The molecule has 11 heteroatoms. The van der Waals surface area contributed by atoms with E-state index in [-0.39, 0.29) is 30.5 Å². The maximum Gasteiger partial charge on any atom is 0.434 e. The molecule has 0 amide bonds. The van der Waals surface area contributed by atoms with Crippen LogP contribution < -0.4 is 10.6 Å². The minimum absolute atomic E-state index is 0. The predicted molar refractivity (Wildman–Crippen MR) is 123 cm³/mol. The average Bonchev–Trinajstić information content (AvgIpc) is 3.35. The van der Waals surface area contributed by atoms with Crippen LogP contribution in [0.15, 0.2) is 27.9 Å². The van der Waals surface area contributed by atoms with E-state index in [1.54, 1.807) is 18.4 Å². The number of rotatable bonds is 6. The van der Waals surface area contributed by atoms with Gasteiger partial charge < -0.3 is 10.6 Å². The number of nitrogens with zero attached hydrogens (tertiary/aromatic N) is 3. The minimum Gasteiger partial charge on any atom is -0.356 e. The summed E-state index contributed by atoms with van der Waals surface area (Å²) in [6.45, 7) is 4.21. The molecule has 0 radical (unpaired) electrons. The smallest absolute Gasteiger partial charge is 0.356 e. The molecule has 2 aromatic heterocycles. The van der Waals surface area contributed by atoms with E-state index in [9.17, 15) is 13.2 Å². The van der Waals surface area contributed by atoms with Crippen molar-refractivity contribution in [3.05, 3.63) is 38.5 Å². The quantitative estimate of drug-likeness (QED) is 0.313. The van der Waals surface area contributed by atoms with Gasteiger partial charge in [-0.2, -0.15) is 13.2 Å². The zero-order valence-corrected chi connectivity index (χ0v) is 20.0. The van der Waals surface area contributed by atoms with E-state index in [1.165, 1.54) is 4.88 Å². The van der Waals surface area contributed by atoms with Crippen LogP contribution in [0.3, 0.4) is 0 Å². The first-order chi connectivity index (χ1) is 13.4. The summed E-state index contributed by atoms with van der Waals surface area (Å²) in [4.78, 5) is 11.7. The van der Waals surface area contributed by atoms with Crippen LogP contribution in [0.4, 0.5) is 13.2 Å². The lowest BCUT2D eigenvalue weighted by Gasteiger charge is -2.32. The summed E-state index contributed by atoms with van der Waals surface area (Å²) < 4.78 is 37.8. The summed E-state index contributed by atoms with van der Waals surface area (Å²) >= 11 is 2.79. The number of piperidine rings is 1. The summed E-state index contributed by atoms with van der Waals surface area (Å²) in [7, 11) is 1.65. The first kappa shape index (κ1) is 24.4. The average molecular weight is 559 g/mol. The summed E-state index contributed by atoms with van der Waals surface area (Å²) in [5.41, 5.74) is -0.841. The third-order valence-electron chi connectivity index (χ3n) is 4.70. The second-order valence-electron chi connectivity index (χ2n) is 6.73. The van der Waals surface area contributed by atoms with Crippen molar-refractivity contribution in [1.82, 2.24) is 20.5 Å². The van der Waals surface area contributed by atoms with Crippen molar-refractivity contribution in [3.8, 4) is 0 Å². The maximum atomic E-state index is 12.6. The molecule has 3 rings (SSSR count). The molecule has 1 fully saturated rings. The molecular weight excluding hydrogens is 534 g/mol. The Morgan fingerprint density at radius 2 is 2.03 bits per heavy atom. The minimum atomic E-state index is -4.40. The summed E-state index contributed by atoms with van der Waals surface area (Å²) in [5.74, 6) is 1.15. The van der Waals surface area contributed by atoms with Crippen LogP contribution in [0.5, 0.6) is 0 Å². The van der Waals surface area contributed by atoms with Crippen molar-refractivity contribution < 1.29 is 13.2 Å². The second-order valence-corrected chi connectivity index (χ2v) is 8.70. The van der Waals surface area contributed by atoms with Crippen molar-refractivity contribution >= 4 is 52.6 Å². The topological polar surface area (TPSA) is 52.6 Å². The normalized spacial score (nSPS) is 16.5. The first-order valence-electron chi connectivity index (χ1n) is 9.15. The van der Waals surface area contributed by atoms with E-state index >= 15 is 0 Å². The Bertz CT molecular complexity index is 756. The van der Waals surface area contributed by atoms with Gasteiger partial charge in [0.2, 0.25) is 0 Å². The molecule has 0 atom stereocenters. The monoisotopic (exact) mass is 559 g/mol. The van der Waals surface area contributed by atoms with Gasteiger partial charge in [0, 0.05) is 30.4 Å². The third kappa shape index (κ3) is 7.68. The molecule has 0 bridgehead atoms.